The smallest absolute Gasteiger partial charge is 0.213 e. The summed E-state index contributed by atoms with van der Waals surface area (Å²) in [5.41, 5.74) is 7.22. The van der Waals surface area contributed by atoms with Gasteiger partial charge in [0.15, 0.2) is 0 Å². The molecule has 1 rings (SSSR count). The number of aromatic nitrogens is 1. The third kappa shape index (κ3) is 3.60. The van der Waals surface area contributed by atoms with Crippen LogP contribution in [0.1, 0.15) is 13.3 Å². The van der Waals surface area contributed by atoms with E-state index in [1.807, 2.05) is 6.92 Å². The standard InChI is InChI=1S/C10H14N2O/c1-8(2)5-6-13-10-4-3-9(11)7-12-10/h3-4,7H,1,5-6,11H2,2H3. The second-order valence-corrected chi connectivity index (χ2v) is 2.99. The Balaban J connectivity index is 2.37. The molecular formula is C10H14N2O. The average molecular weight is 178 g/mol. The van der Waals surface area contributed by atoms with Crippen LogP contribution >= 0.6 is 0 Å². The highest BCUT2D eigenvalue weighted by molar-refractivity contribution is 5.35. The molecule has 0 saturated carbocycles. The van der Waals surface area contributed by atoms with E-state index in [-0.39, 0.29) is 0 Å². The summed E-state index contributed by atoms with van der Waals surface area (Å²) >= 11 is 0. The highest BCUT2D eigenvalue weighted by Crippen LogP contribution is 2.09. The number of nitrogens with two attached hydrogens (primary N) is 1. The van der Waals surface area contributed by atoms with Crippen LogP contribution in [0.4, 0.5) is 5.69 Å². The third-order valence-electron chi connectivity index (χ3n) is 1.54. The molecule has 0 aliphatic carbocycles. The zero-order chi connectivity index (χ0) is 9.68. The van der Waals surface area contributed by atoms with Gasteiger partial charge in [0.05, 0.1) is 18.5 Å². The maximum Gasteiger partial charge on any atom is 0.213 e. The van der Waals surface area contributed by atoms with Crippen molar-refractivity contribution in [2.75, 3.05) is 12.3 Å². The molecular weight excluding hydrogens is 164 g/mol. The van der Waals surface area contributed by atoms with Gasteiger partial charge in [0.2, 0.25) is 5.88 Å². The van der Waals surface area contributed by atoms with Gasteiger partial charge in [-0.3, -0.25) is 0 Å². The van der Waals surface area contributed by atoms with E-state index in [0.717, 1.165) is 12.0 Å². The van der Waals surface area contributed by atoms with E-state index in [4.69, 9.17) is 10.5 Å². The number of anilines is 1. The van der Waals surface area contributed by atoms with Crippen molar-refractivity contribution in [3.8, 4) is 5.88 Å². The molecule has 2 N–H and O–H groups in total. The van der Waals surface area contributed by atoms with Crippen LogP contribution < -0.4 is 10.5 Å². The highest BCUT2D eigenvalue weighted by atomic mass is 16.5. The summed E-state index contributed by atoms with van der Waals surface area (Å²) in [5, 5.41) is 0. The van der Waals surface area contributed by atoms with Crippen molar-refractivity contribution in [1.82, 2.24) is 4.98 Å². The first-order chi connectivity index (χ1) is 6.18. The van der Waals surface area contributed by atoms with Crippen LogP contribution in [0.2, 0.25) is 0 Å². The Morgan fingerprint density at radius 3 is 2.92 bits per heavy atom. The lowest BCUT2D eigenvalue weighted by molar-refractivity contribution is 0.309. The zero-order valence-electron chi connectivity index (χ0n) is 7.79. The molecule has 0 aliphatic heterocycles. The van der Waals surface area contributed by atoms with Gasteiger partial charge in [0.1, 0.15) is 0 Å². The van der Waals surface area contributed by atoms with Crippen molar-refractivity contribution in [1.29, 1.82) is 0 Å². The predicted molar refractivity (Wildman–Crippen MR) is 53.6 cm³/mol. The molecule has 0 aromatic carbocycles. The molecule has 3 nitrogen and oxygen atoms in total. The second kappa shape index (κ2) is 4.50. The molecule has 70 valence electrons. The van der Waals surface area contributed by atoms with Crippen molar-refractivity contribution >= 4 is 5.69 Å². The molecule has 3 heteroatoms. The highest BCUT2D eigenvalue weighted by Gasteiger charge is 1.94. The van der Waals surface area contributed by atoms with Crippen molar-refractivity contribution in [2.45, 2.75) is 13.3 Å². The van der Waals surface area contributed by atoms with E-state index >= 15 is 0 Å². The summed E-state index contributed by atoms with van der Waals surface area (Å²) in [4.78, 5) is 4.00. The number of ether oxygens (including phenoxy) is 1. The van der Waals surface area contributed by atoms with Gasteiger partial charge in [-0.15, -0.1) is 6.58 Å². The molecule has 1 aromatic heterocycles. The van der Waals surface area contributed by atoms with Gasteiger partial charge in [-0.05, 0) is 13.0 Å². The molecule has 0 aliphatic rings. The topological polar surface area (TPSA) is 48.1 Å². The van der Waals surface area contributed by atoms with Gasteiger partial charge >= 0.3 is 0 Å². The second-order valence-electron chi connectivity index (χ2n) is 2.99. The first-order valence-corrected chi connectivity index (χ1v) is 4.17. The maximum absolute atomic E-state index is 5.47. The first-order valence-electron chi connectivity index (χ1n) is 4.17. The van der Waals surface area contributed by atoms with Crippen molar-refractivity contribution in [3.05, 3.63) is 30.5 Å². The lowest BCUT2D eigenvalue weighted by Gasteiger charge is -2.04. The summed E-state index contributed by atoms with van der Waals surface area (Å²) in [5.74, 6) is 0.607. The lowest BCUT2D eigenvalue weighted by atomic mass is 10.3. The van der Waals surface area contributed by atoms with Crippen LogP contribution in [0, 0.1) is 0 Å². The SMILES string of the molecule is C=C(C)CCOc1ccc(N)cn1. The summed E-state index contributed by atoms with van der Waals surface area (Å²) in [6, 6.07) is 3.52. The minimum absolute atomic E-state index is 0.607. The lowest BCUT2D eigenvalue weighted by Crippen LogP contribution is -1.99. The predicted octanol–water partition coefficient (Wildman–Crippen LogP) is 2.01. The molecule has 0 bridgehead atoms. The maximum atomic E-state index is 5.47. The van der Waals surface area contributed by atoms with E-state index in [9.17, 15) is 0 Å². The average Bonchev–Trinajstić information content (AvgIpc) is 2.08. The summed E-state index contributed by atoms with van der Waals surface area (Å²) in [7, 11) is 0. The van der Waals surface area contributed by atoms with Gasteiger partial charge in [0, 0.05) is 12.5 Å². The van der Waals surface area contributed by atoms with Crippen molar-refractivity contribution < 1.29 is 4.74 Å². The van der Waals surface area contributed by atoms with Gasteiger partial charge in [-0.1, -0.05) is 5.57 Å². The third-order valence-corrected chi connectivity index (χ3v) is 1.54. The van der Waals surface area contributed by atoms with E-state index in [1.54, 1.807) is 18.3 Å². The zero-order valence-corrected chi connectivity index (χ0v) is 7.79. The molecule has 1 aromatic rings. The Kier molecular flexibility index (Phi) is 3.31. The molecule has 0 amide bonds. The fourth-order valence-electron chi connectivity index (χ4n) is 0.807. The molecule has 0 unspecified atom stereocenters. The van der Waals surface area contributed by atoms with E-state index in [2.05, 4.69) is 11.6 Å². The minimum Gasteiger partial charge on any atom is -0.477 e. The first kappa shape index (κ1) is 9.58. The molecule has 0 radical (unpaired) electrons. The Labute approximate surface area is 78.2 Å². The van der Waals surface area contributed by atoms with Gasteiger partial charge in [-0.2, -0.15) is 0 Å². The van der Waals surface area contributed by atoms with Crippen molar-refractivity contribution in [2.24, 2.45) is 0 Å². The molecule has 0 fully saturated rings. The quantitative estimate of drug-likeness (QED) is 0.717. The van der Waals surface area contributed by atoms with Crippen molar-refractivity contribution in [3.63, 3.8) is 0 Å². The Hall–Kier alpha value is -1.51. The van der Waals surface area contributed by atoms with Crippen LogP contribution in [0.15, 0.2) is 30.5 Å². The van der Waals surface area contributed by atoms with Crippen LogP contribution in [0.3, 0.4) is 0 Å². The monoisotopic (exact) mass is 178 g/mol. The Bertz CT molecular complexity index is 279. The number of nitrogen functional groups attached to an aromatic ring is 1. The van der Waals surface area contributed by atoms with Crippen LogP contribution in [0.5, 0.6) is 5.88 Å². The fraction of sp³-hybridized carbons (Fsp3) is 0.300. The van der Waals surface area contributed by atoms with Gasteiger partial charge in [-0.25, -0.2) is 4.98 Å². The summed E-state index contributed by atoms with van der Waals surface area (Å²) in [6.07, 6.45) is 2.43. The molecule has 13 heavy (non-hydrogen) atoms. The van der Waals surface area contributed by atoms with Gasteiger partial charge in [0.25, 0.3) is 0 Å². The minimum atomic E-state index is 0.607. The number of rotatable bonds is 4. The number of nitrogens with zero attached hydrogens (tertiary/aromatic N) is 1. The molecule has 1 heterocycles. The van der Waals surface area contributed by atoms with E-state index < -0.39 is 0 Å². The Morgan fingerprint density at radius 1 is 1.62 bits per heavy atom. The summed E-state index contributed by atoms with van der Waals surface area (Å²) < 4.78 is 5.34. The van der Waals surface area contributed by atoms with Gasteiger partial charge < -0.3 is 10.5 Å². The number of hydrogen-bond acceptors (Lipinski definition) is 3. The Morgan fingerprint density at radius 2 is 2.38 bits per heavy atom. The fourth-order valence-corrected chi connectivity index (χ4v) is 0.807. The normalized spacial score (nSPS) is 9.62. The molecule has 0 saturated heterocycles. The van der Waals surface area contributed by atoms with E-state index in [1.165, 1.54) is 0 Å². The van der Waals surface area contributed by atoms with Crippen LogP contribution in [-0.2, 0) is 0 Å². The number of pyridine rings is 1. The molecule has 0 spiro atoms. The largest absolute Gasteiger partial charge is 0.477 e. The van der Waals surface area contributed by atoms with Crippen LogP contribution in [0.25, 0.3) is 0 Å². The number of hydrogen-bond donors (Lipinski definition) is 1. The molecule has 0 atom stereocenters. The summed E-state index contributed by atoms with van der Waals surface area (Å²) in [6.45, 7) is 6.37. The van der Waals surface area contributed by atoms with E-state index in [0.29, 0.717) is 18.2 Å². The van der Waals surface area contributed by atoms with Crippen LogP contribution in [-0.4, -0.2) is 11.6 Å².